The maximum atomic E-state index is 12.6. The summed E-state index contributed by atoms with van der Waals surface area (Å²) in [4.78, 5) is 13.7. The zero-order valence-electron chi connectivity index (χ0n) is 14.7. The molecule has 0 bridgehead atoms. The molecule has 1 atom stereocenters. The van der Waals surface area contributed by atoms with Crippen LogP contribution in [-0.2, 0) is 11.2 Å². The minimum absolute atomic E-state index is 0.0761. The second kappa shape index (κ2) is 8.13. The fraction of sp³-hybridized carbons (Fsp3) is 0.227. The third-order valence-electron chi connectivity index (χ3n) is 4.39. The molecule has 0 aliphatic rings. The number of thiophene rings is 1. The topological polar surface area (TPSA) is 29.1 Å². The Balaban J connectivity index is 1.68. The molecule has 3 heteroatoms. The Morgan fingerprint density at radius 1 is 1.04 bits per heavy atom. The van der Waals surface area contributed by atoms with E-state index in [0.29, 0.717) is 6.42 Å². The van der Waals surface area contributed by atoms with Crippen molar-refractivity contribution in [3.8, 4) is 0 Å². The Morgan fingerprint density at radius 2 is 1.84 bits per heavy atom. The van der Waals surface area contributed by atoms with E-state index in [1.807, 2.05) is 29.6 Å². The van der Waals surface area contributed by atoms with Crippen LogP contribution < -0.4 is 5.32 Å². The summed E-state index contributed by atoms with van der Waals surface area (Å²) in [7, 11) is 0. The highest BCUT2D eigenvalue weighted by Gasteiger charge is 2.17. The first-order valence-corrected chi connectivity index (χ1v) is 9.45. The molecule has 0 aliphatic heterocycles. The molecule has 1 unspecified atom stereocenters. The molecule has 2 aromatic carbocycles. The fourth-order valence-corrected chi connectivity index (χ4v) is 3.83. The van der Waals surface area contributed by atoms with E-state index in [1.54, 1.807) is 11.3 Å². The number of rotatable bonds is 6. The Hall–Kier alpha value is -2.39. The summed E-state index contributed by atoms with van der Waals surface area (Å²) in [6.45, 7) is 4.20. The molecule has 0 fully saturated rings. The van der Waals surface area contributed by atoms with Crippen LogP contribution in [0.5, 0.6) is 0 Å². The van der Waals surface area contributed by atoms with Crippen molar-refractivity contribution < 1.29 is 4.79 Å². The van der Waals surface area contributed by atoms with Gasteiger partial charge in [0.15, 0.2) is 0 Å². The van der Waals surface area contributed by atoms with Gasteiger partial charge in [0.05, 0.1) is 6.04 Å². The van der Waals surface area contributed by atoms with Gasteiger partial charge in [0, 0.05) is 11.3 Å². The van der Waals surface area contributed by atoms with Crippen LogP contribution in [-0.4, -0.2) is 5.91 Å². The summed E-state index contributed by atoms with van der Waals surface area (Å²) >= 11 is 1.67. The molecule has 0 saturated carbocycles. The average Bonchev–Trinajstić information content (AvgIpc) is 3.14. The van der Waals surface area contributed by atoms with Gasteiger partial charge in [-0.3, -0.25) is 4.79 Å². The van der Waals surface area contributed by atoms with Crippen molar-refractivity contribution in [2.24, 2.45) is 0 Å². The third kappa shape index (κ3) is 4.58. The van der Waals surface area contributed by atoms with Crippen molar-refractivity contribution >= 4 is 17.2 Å². The Kier molecular flexibility index (Phi) is 5.67. The number of carbonyl (C=O) groups is 1. The average molecular weight is 349 g/mol. The van der Waals surface area contributed by atoms with Crippen molar-refractivity contribution in [2.45, 2.75) is 32.7 Å². The van der Waals surface area contributed by atoms with Crippen LogP contribution in [0.25, 0.3) is 0 Å². The second-order valence-corrected chi connectivity index (χ2v) is 7.34. The summed E-state index contributed by atoms with van der Waals surface area (Å²) in [6.07, 6.45) is 1.27. The first-order chi connectivity index (χ1) is 12.1. The minimum Gasteiger partial charge on any atom is -0.344 e. The molecule has 128 valence electrons. The molecule has 1 N–H and O–H groups in total. The van der Waals surface area contributed by atoms with Gasteiger partial charge in [-0.1, -0.05) is 60.2 Å². The molecule has 0 radical (unpaired) electrons. The number of amides is 1. The zero-order chi connectivity index (χ0) is 17.6. The van der Waals surface area contributed by atoms with Crippen molar-refractivity contribution in [1.82, 2.24) is 5.32 Å². The van der Waals surface area contributed by atoms with E-state index in [-0.39, 0.29) is 11.9 Å². The van der Waals surface area contributed by atoms with E-state index >= 15 is 0 Å². The number of hydrogen-bond acceptors (Lipinski definition) is 2. The first-order valence-electron chi connectivity index (χ1n) is 8.57. The predicted molar refractivity (Wildman–Crippen MR) is 105 cm³/mol. The molecular formula is C22H23NOS. The maximum Gasteiger partial charge on any atom is 0.221 e. The molecule has 0 saturated heterocycles. The molecule has 25 heavy (non-hydrogen) atoms. The Labute approximate surface area is 153 Å². The molecule has 2 nitrogen and oxygen atoms in total. The molecule has 3 rings (SSSR count). The van der Waals surface area contributed by atoms with Gasteiger partial charge in [0.25, 0.3) is 0 Å². The molecular weight excluding hydrogens is 326 g/mol. The molecule has 3 aromatic rings. The standard InChI is InChI=1S/C22H23NOS/c1-16-10-11-18(17(2)15-16)12-13-21(24)23-22(20-9-6-14-25-20)19-7-4-3-5-8-19/h3-11,14-15,22H,12-13H2,1-2H3,(H,23,24). The van der Waals surface area contributed by atoms with Crippen molar-refractivity contribution in [1.29, 1.82) is 0 Å². The molecule has 1 heterocycles. The highest BCUT2D eigenvalue weighted by molar-refractivity contribution is 7.10. The van der Waals surface area contributed by atoms with Crippen LogP contribution in [0.3, 0.4) is 0 Å². The first kappa shape index (κ1) is 17.4. The van der Waals surface area contributed by atoms with E-state index in [0.717, 1.165) is 16.9 Å². The van der Waals surface area contributed by atoms with E-state index in [9.17, 15) is 4.79 Å². The number of carbonyl (C=O) groups excluding carboxylic acids is 1. The van der Waals surface area contributed by atoms with Crippen LogP contribution in [0.1, 0.15) is 39.6 Å². The lowest BCUT2D eigenvalue weighted by Gasteiger charge is -2.18. The predicted octanol–water partition coefficient (Wildman–Crippen LogP) is 5.20. The van der Waals surface area contributed by atoms with E-state index in [2.05, 4.69) is 55.6 Å². The largest absolute Gasteiger partial charge is 0.344 e. The lowest BCUT2D eigenvalue weighted by Crippen LogP contribution is -2.29. The van der Waals surface area contributed by atoms with Gasteiger partial charge in [-0.05, 0) is 48.4 Å². The maximum absolute atomic E-state index is 12.6. The van der Waals surface area contributed by atoms with Crippen LogP contribution in [0.4, 0.5) is 0 Å². The van der Waals surface area contributed by atoms with Crippen molar-refractivity contribution in [3.63, 3.8) is 0 Å². The van der Waals surface area contributed by atoms with Crippen LogP contribution in [0.15, 0.2) is 66.0 Å². The number of aryl methyl sites for hydroxylation is 3. The summed E-state index contributed by atoms with van der Waals surface area (Å²) in [5, 5.41) is 5.26. The smallest absolute Gasteiger partial charge is 0.221 e. The highest BCUT2D eigenvalue weighted by Crippen LogP contribution is 2.26. The third-order valence-corrected chi connectivity index (χ3v) is 5.32. The van der Waals surface area contributed by atoms with Crippen LogP contribution >= 0.6 is 11.3 Å². The van der Waals surface area contributed by atoms with Crippen LogP contribution in [0, 0.1) is 13.8 Å². The lowest BCUT2D eigenvalue weighted by atomic mass is 10.0. The monoisotopic (exact) mass is 349 g/mol. The lowest BCUT2D eigenvalue weighted by molar-refractivity contribution is -0.121. The molecule has 0 aliphatic carbocycles. The minimum atomic E-state index is -0.0761. The summed E-state index contributed by atoms with van der Waals surface area (Å²) in [5.41, 5.74) is 4.87. The Morgan fingerprint density at radius 3 is 2.52 bits per heavy atom. The SMILES string of the molecule is Cc1ccc(CCC(=O)NC(c2ccccc2)c2cccs2)c(C)c1. The summed E-state index contributed by atoms with van der Waals surface area (Å²) in [6, 6.07) is 20.6. The fourth-order valence-electron chi connectivity index (χ4n) is 3.03. The van der Waals surface area contributed by atoms with Gasteiger partial charge in [-0.25, -0.2) is 0 Å². The van der Waals surface area contributed by atoms with E-state index in [4.69, 9.17) is 0 Å². The zero-order valence-corrected chi connectivity index (χ0v) is 15.5. The highest BCUT2D eigenvalue weighted by atomic mass is 32.1. The molecule has 0 spiro atoms. The van der Waals surface area contributed by atoms with Gasteiger partial charge in [0.1, 0.15) is 0 Å². The van der Waals surface area contributed by atoms with Gasteiger partial charge in [0.2, 0.25) is 5.91 Å². The van der Waals surface area contributed by atoms with Crippen LogP contribution in [0.2, 0.25) is 0 Å². The van der Waals surface area contributed by atoms with Crippen molar-refractivity contribution in [2.75, 3.05) is 0 Å². The summed E-state index contributed by atoms with van der Waals surface area (Å²) in [5.74, 6) is 0.0854. The number of hydrogen-bond donors (Lipinski definition) is 1. The normalized spacial score (nSPS) is 11.9. The quantitative estimate of drug-likeness (QED) is 0.651. The van der Waals surface area contributed by atoms with Crippen molar-refractivity contribution in [3.05, 3.63) is 93.2 Å². The van der Waals surface area contributed by atoms with Gasteiger partial charge < -0.3 is 5.32 Å². The number of nitrogens with one attached hydrogen (secondary N) is 1. The Bertz CT molecular complexity index is 824. The van der Waals surface area contributed by atoms with Gasteiger partial charge >= 0.3 is 0 Å². The van der Waals surface area contributed by atoms with E-state index < -0.39 is 0 Å². The summed E-state index contributed by atoms with van der Waals surface area (Å²) < 4.78 is 0. The molecule has 1 aromatic heterocycles. The second-order valence-electron chi connectivity index (χ2n) is 6.36. The number of benzene rings is 2. The van der Waals surface area contributed by atoms with E-state index in [1.165, 1.54) is 16.7 Å². The van der Waals surface area contributed by atoms with Gasteiger partial charge in [-0.2, -0.15) is 0 Å². The molecule has 1 amide bonds. The van der Waals surface area contributed by atoms with Gasteiger partial charge in [-0.15, -0.1) is 11.3 Å².